The predicted octanol–water partition coefficient (Wildman–Crippen LogP) is 2.58. The van der Waals surface area contributed by atoms with Crippen LogP contribution in [0, 0.1) is 0 Å². The highest BCUT2D eigenvalue weighted by atomic mass is 35.5. The van der Waals surface area contributed by atoms with Crippen LogP contribution in [-0.2, 0) is 29.0 Å². The number of carbonyl (C=O) groups is 2. The number of aryl methyl sites for hydroxylation is 1. The van der Waals surface area contributed by atoms with Gasteiger partial charge in [-0.05, 0) is 30.5 Å². The van der Waals surface area contributed by atoms with E-state index < -0.39 is 0 Å². The standard InChI is InChI=1S/C20H26ClN5O2/c1-14(27)23-17(15-6-8-16(21)9-7-15)13-20(28)22-11-10-19-25-24-18-5-3-2-4-12-26(18)19/h6-9,17H,2-5,10-13H2,1H3,(H,22,28)(H,23,27). The van der Waals surface area contributed by atoms with E-state index >= 15 is 0 Å². The maximum Gasteiger partial charge on any atom is 0.222 e. The van der Waals surface area contributed by atoms with Gasteiger partial charge >= 0.3 is 0 Å². The van der Waals surface area contributed by atoms with Crippen LogP contribution < -0.4 is 10.6 Å². The van der Waals surface area contributed by atoms with Crippen molar-refractivity contribution in [3.63, 3.8) is 0 Å². The second kappa shape index (κ2) is 9.68. The minimum atomic E-state index is -0.390. The van der Waals surface area contributed by atoms with Crippen molar-refractivity contribution in [2.75, 3.05) is 6.54 Å². The average Bonchev–Trinajstić information content (AvgIpc) is 2.88. The first-order valence-corrected chi connectivity index (χ1v) is 10.1. The molecule has 2 N–H and O–H groups in total. The summed E-state index contributed by atoms with van der Waals surface area (Å²) in [4.78, 5) is 23.9. The van der Waals surface area contributed by atoms with Crippen LogP contribution in [-0.4, -0.2) is 33.1 Å². The molecule has 0 aliphatic carbocycles. The second-order valence-electron chi connectivity index (χ2n) is 7.10. The lowest BCUT2D eigenvalue weighted by molar-refractivity contribution is -0.122. The van der Waals surface area contributed by atoms with E-state index in [0.29, 0.717) is 18.0 Å². The minimum absolute atomic E-state index is 0.121. The Balaban J connectivity index is 1.54. The molecule has 1 aromatic heterocycles. The largest absolute Gasteiger partial charge is 0.356 e. The Morgan fingerprint density at radius 1 is 1.18 bits per heavy atom. The third-order valence-electron chi connectivity index (χ3n) is 4.90. The van der Waals surface area contributed by atoms with Gasteiger partial charge in [-0.15, -0.1) is 10.2 Å². The zero-order chi connectivity index (χ0) is 19.9. The molecule has 0 fully saturated rings. The first kappa shape index (κ1) is 20.3. The van der Waals surface area contributed by atoms with Crippen molar-refractivity contribution in [3.05, 3.63) is 46.5 Å². The molecule has 0 radical (unpaired) electrons. The van der Waals surface area contributed by atoms with Gasteiger partial charge in [0.15, 0.2) is 0 Å². The Morgan fingerprint density at radius 3 is 2.71 bits per heavy atom. The second-order valence-corrected chi connectivity index (χ2v) is 7.54. The summed E-state index contributed by atoms with van der Waals surface area (Å²) >= 11 is 5.93. The molecule has 7 nitrogen and oxygen atoms in total. The highest BCUT2D eigenvalue weighted by Gasteiger charge is 2.18. The summed E-state index contributed by atoms with van der Waals surface area (Å²) in [6.07, 6.45) is 5.30. The number of benzene rings is 1. The van der Waals surface area contributed by atoms with Crippen LogP contribution >= 0.6 is 11.6 Å². The van der Waals surface area contributed by atoms with E-state index in [1.54, 1.807) is 12.1 Å². The topological polar surface area (TPSA) is 88.9 Å². The summed E-state index contributed by atoms with van der Waals surface area (Å²) in [6, 6.07) is 6.75. The fourth-order valence-electron chi connectivity index (χ4n) is 3.49. The number of hydrogen-bond donors (Lipinski definition) is 2. The normalized spacial score (nSPS) is 14.6. The van der Waals surface area contributed by atoms with Gasteiger partial charge in [-0.25, -0.2) is 0 Å². The van der Waals surface area contributed by atoms with Gasteiger partial charge in [0, 0.05) is 37.9 Å². The lowest BCUT2D eigenvalue weighted by Crippen LogP contribution is -2.33. The van der Waals surface area contributed by atoms with Crippen LogP contribution in [0.2, 0.25) is 5.02 Å². The molecular weight excluding hydrogens is 378 g/mol. The van der Waals surface area contributed by atoms with Gasteiger partial charge in [0.2, 0.25) is 11.8 Å². The van der Waals surface area contributed by atoms with Crippen LogP contribution in [0.4, 0.5) is 0 Å². The third kappa shape index (κ3) is 5.55. The number of nitrogens with one attached hydrogen (secondary N) is 2. The van der Waals surface area contributed by atoms with Crippen molar-refractivity contribution in [2.45, 2.75) is 58.0 Å². The zero-order valence-electron chi connectivity index (χ0n) is 16.1. The van der Waals surface area contributed by atoms with Crippen molar-refractivity contribution in [2.24, 2.45) is 0 Å². The quantitative estimate of drug-likeness (QED) is 0.743. The van der Waals surface area contributed by atoms with E-state index in [1.165, 1.54) is 13.3 Å². The molecule has 0 saturated heterocycles. The molecule has 1 aliphatic rings. The van der Waals surface area contributed by atoms with Crippen molar-refractivity contribution >= 4 is 23.4 Å². The van der Waals surface area contributed by atoms with E-state index in [2.05, 4.69) is 25.4 Å². The van der Waals surface area contributed by atoms with Gasteiger partial charge in [0.25, 0.3) is 0 Å². The Bertz CT molecular complexity index is 819. The first-order chi connectivity index (χ1) is 13.5. The lowest BCUT2D eigenvalue weighted by Gasteiger charge is -2.18. The number of fused-ring (bicyclic) bond motifs is 1. The Hall–Kier alpha value is -2.41. The molecule has 150 valence electrons. The molecule has 8 heteroatoms. The number of rotatable bonds is 7. The number of hydrogen-bond acceptors (Lipinski definition) is 4. The molecule has 3 rings (SSSR count). The van der Waals surface area contributed by atoms with Crippen molar-refractivity contribution in [3.8, 4) is 0 Å². The Morgan fingerprint density at radius 2 is 1.96 bits per heavy atom. The molecule has 0 saturated carbocycles. The van der Waals surface area contributed by atoms with Crippen LogP contribution in [0.3, 0.4) is 0 Å². The van der Waals surface area contributed by atoms with Crippen LogP contribution in [0.15, 0.2) is 24.3 Å². The van der Waals surface area contributed by atoms with E-state index in [-0.39, 0.29) is 24.3 Å². The number of amides is 2. The monoisotopic (exact) mass is 403 g/mol. The maximum atomic E-state index is 12.4. The summed E-state index contributed by atoms with van der Waals surface area (Å²) in [6.45, 7) is 2.88. The summed E-state index contributed by atoms with van der Waals surface area (Å²) in [7, 11) is 0. The Labute approximate surface area is 169 Å². The molecule has 0 bridgehead atoms. The maximum absolute atomic E-state index is 12.4. The van der Waals surface area contributed by atoms with Gasteiger partial charge in [0.05, 0.1) is 12.5 Å². The predicted molar refractivity (Wildman–Crippen MR) is 107 cm³/mol. The number of carbonyl (C=O) groups excluding carboxylic acids is 2. The van der Waals surface area contributed by atoms with Crippen LogP contribution in [0.25, 0.3) is 0 Å². The average molecular weight is 404 g/mol. The fourth-order valence-corrected chi connectivity index (χ4v) is 3.62. The summed E-state index contributed by atoms with van der Waals surface area (Å²) in [5.74, 6) is 1.67. The molecule has 1 unspecified atom stereocenters. The van der Waals surface area contributed by atoms with Crippen molar-refractivity contribution in [1.29, 1.82) is 0 Å². The van der Waals surface area contributed by atoms with Gasteiger partial charge < -0.3 is 15.2 Å². The van der Waals surface area contributed by atoms with Gasteiger partial charge in [-0.1, -0.05) is 30.2 Å². The highest BCUT2D eigenvalue weighted by Crippen LogP contribution is 2.19. The molecule has 28 heavy (non-hydrogen) atoms. The van der Waals surface area contributed by atoms with E-state index in [0.717, 1.165) is 43.0 Å². The first-order valence-electron chi connectivity index (χ1n) is 9.73. The molecule has 1 atom stereocenters. The molecule has 2 amide bonds. The van der Waals surface area contributed by atoms with Gasteiger partial charge in [0.1, 0.15) is 11.6 Å². The smallest absolute Gasteiger partial charge is 0.222 e. The highest BCUT2D eigenvalue weighted by molar-refractivity contribution is 6.30. The molecule has 2 aromatic rings. The number of aromatic nitrogens is 3. The Kier molecular flexibility index (Phi) is 7.03. The van der Waals surface area contributed by atoms with Gasteiger partial charge in [-0.3, -0.25) is 9.59 Å². The number of nitrogens with zero attached hydrogens (tertiary/aromatic N) is 3. The summed E-state index contributed by atoms with van der Waals surface area (Å²) < 4.78 is 2.19. The van der Waals surface area contributed by atoms with Gasteiger partial charge in [-0.2, -0.15) is 0 Å². The fraction of sp³-hybridized carbons (Fsp3) is 0.500. The van der Waals surface area contributed by atoms with Crippen LogP contribution in [0.1, 0.15) is 55.9 Å². The molecule has 2 heterocycles. The van der Waals surface area contributed by atoms with E-state index in [4.69, 9.17) is 11.6 Å². The summed E-state index contributed by atoms with van der Waals surface area (Å²) in [5, 5.41) is 14.9. The zero-order valence-corrected chi connectivity index (χ0v) is 16.8. The molecule has 1 aromatic carbocycles. The lowest BCUT2D eigenvalue weighted by atomic mass is 10.0. The SMILES string of the molecule is CC(=O)NC(CC(=O)NCCc1nnc2n1CCCCC2)c1ccc(Cl)cc1. The minimum Gasteiger partial charge on any atom is -0.356 e. The summed E-state index contributed by atoms with van der Waals surface area (Å²) in [5.41, 5.74) is 0.845. The van der Waals surface area contributed by atoms with E-state index in [9.17, 15) is 9.59 Å². The number of halogens is 1. The third-order valence-corrected chi connectivity index (χ3v) is 5.15. The molecule has 0 spiro atoms. The van der Waals surface area contributed by atoms with Crippen molar-refractivity contribution in [1.82, 2.24) is 25.4 Å². The van der Waals surface area contributed by atoms with E-state index in [1.807, 2.05) is 12.1 Å². The van der Waals surface area contributed by atoms with Crippen LogP contribution in [0.5, 0.6) is 0 Å². The van der Waals surface area contributed by atoms with Crippen molar-refractivity contribution < 1.29 is 9.59 Å². The molecule has 1 aliphatic heterocycles. The molecular formula is C20H26ClN5O2.